The number of hydrogen-bond donors (Lipinski definition) is 1. The first kappa shape index (κ1) is 15.9. The number of piperidine rings is 1. The van der Waals surface area contributed by atoms with E-state index < -0.39 is 0 Å². The minimum absolute atomic E-state index is 0.260. The molecular weight excluding hydrogens is 292 g/mol. The van der Waals surface area contributed by atoms with Crippen LogP contribution in [0.15, 0.2) is 23.1 Å². The molecule has 1 amide bonds. The lowest BCUT2D eigenvalue weighted by atomic mass is 9.98. The van der Waals surface area contributed by atoms with Crippen molar-refractivity contribution < 1.29 is 4.79 Å². The van der Waals surface area contributed by atoms with Gasteiger partial charge in [0.15, 0.2) is 0 Å². The normalized spacial score (nSPS) is 27.0. The number of fused-ring (bicyclic) bond motifs is 2. The van der Waals surface area contributed by atoms with Gasteiger partial charge in [0, 0.05) is 30.1 Å². The van der Waals surface area contributed by atoms with E-state index in [2.05, 4.69) is 37.4 Å². The molecule has 3 rings (SSSR count). The number of amides is 1. The fraction of sp³-hybridized carbons (Fsp3) is 0.611. The van der Waals surface area contributed by atoms with Gasteiger partial charge in [-0.3, -0.25) is 4.79 Å². The van der Waals surface area contributed by atoms with Crippen LogP contribution in [0.3, 0.4) is 0 Å². The van der Waals surface area contributed by atoms with Crippen molar-refractivity contribution in [3.63, 3.8) is 0 Å². The first-order chi connectivity index (χ1) is 10.5. The molecule has 2 saturated heterocycles. The van der Waals surface area contributed by atoms with Crippen molar-refractivity contribution in [2.75, 3.05) is 12.8 Å². The van der Waals surface area contributed by atoms with E-state index in [4.69, 9.17) is 0 Å². The van der Waals surface area contributed by atoms with E-state index in [0.29, 0.717) is 23.9 Å². The van der Waals surface area contributed by atoms with Gasteiger partial charge in [0.05, 0.1) is 5.75 Å². The van der Waals surface area contributed by atoms with Crippen molar-refractivity contribution in [3.05, 3.63) is 29.3 Å². The summed E-state index contributed by atoms with van der Waals surface area (Å²) in [5.41, 5.74) is 2.54. The summed E-state index contributed by atoms with van der Waals surface area (Å²) >= 11 is 1.67. The Morgan fingerprint density at radius 3 is 2.59 bits per heavy atom. The molecular formula is C18H26N2OS. The highest BCUT2D eigenvalue weighted by Gasteiger charge is 2.36. The first-order valence-corrected chi connectivity index (χ1v) is 9.23. The van der Waals surface area contributed by atoms with Crippen LogP contribution in [0.1, 0.15) is 36.8 Å². The van der Waals surface area contributed by atoms with Crippen LogP contribution in [0.5, 0.6) is 0 Å². The Balaban J connectivity index is 1.55. The third kappa shape index (κ3) is 3.49. The Morgan fingerprint density at radius 1 is 1.27 bits per heavy atom. The van der Waals surface area contributed by atoms with Crippen LogP contribution in [-0.4, -0.2) is 41.7 Å². The van der Waals surface area contributed by atoms with E-state index in [9.17, 15) is 4.79 Å². The molecule has 3 nitrogen and oxygen atoms in total. The van der Waals surface area contributed by atoms with Crippen LogP contribution in [-0.2, 0) is 4.79 Å². The lowest BCUT2D eigenvalue weighted by Crippen LogP contribution is -2.49. The molecule has 0 saturated carbocycles. The number of aryl methyl sites for hydroxylation is 2. The minimum Gasteiger partial charge on any atom is -0.342 e. The molecule has 2 fully saturated rings. The predicted molar refractivity (Wildman–Crippen MR) is 92.4 cm³/mol. The molecule has 1 aromatic carbocycles. The van der Waals surface area contributed by atoms with Crippen LogP contribution in [0.4, 0.5) is 0 Å². The van der Waals surface area contributed by atoms with Crippen molar-refractivity contribution in [3.8, 4) is 0 Å². The number of carbonyl (C=O) groups excluding carboxylic acids is 1. The highest BCUT2D eigenvalue weighted by Crippen LogP contribution is 2.30. The lowest BCUT2D eigenvalue weighted by Gasteiger charge is -2.35. The van der Waals surface area contributed by atoms with Gasteiger partial charge in [-0.25, -0.2) is 0 Å². The zero-order valence-electron chi connectivity index (χ0n) is 13.8. The van der Waals surface area contributed by atoms with Gasteiger partial charge in [-0.05, 0) is 51.2 Å². The smallest absolute Gasteiger partial charge is 0.232 e. The molecule has 2 heterocycles. The number of nitrogens with one attached hydrogen (secondary N) is 1. The summed E-state index contributed by atoms with van der Waals surface area (Å²) < 4.78 is 0. The predicted octanol–water partition coefficient (Wildman–Crippen LogP) is 3.14. The molecule has 1 N–H and O–H groups in total. The van der Waals surface area contributed by atoms with Crippen molar-refractivity contribution in [2.45, 2.75) is 62.6 Å². The maximum Gasteiger partial charge on any atom is 0.232 e. The van der Waals surface area contributed by atoms with E-state index in [0.717, 1.165) is 12.8 Å². The Bertz CT molecular complexity index is 548. The summed E-state index contributed by atoms with van der Waals surface area (Å²) in [7, 11) is 1.99. The molecule has 2 atom stereocenters. The van der Waals surface area contributed by atoms with Gasteiger partial charge in [-0.15, -0.1) is 11.8 Å². The average Bonchev–Trinajstić information content (AvgIpc) is 2.83. The Morgan fingerprint density at radius 2 is 1.95 bits per heavy atom. The number of rotatable bonds is 4. The SMILES string of the molecule is Cc1ccc(SCC(=O)N(C)C2CC3CCC(C2)N3)c(C)c1. The molecule has 22 heavy (non-hydrogen) atoms. The van der Waals surface area contributed by atoms with E-state index in [1.165, 1.54) is 28.9 Å². The molecule has 4 heteroatoms. The molecule has 0 radical (unpaired) electrons. The Hall–Kier alpha value is -1.00. The molecule has 0 spiro atoms. The maximum absolute atomic E-state index is 12.5. The molecule has 2 aliphatic rings. The van der Waals surface area contributed by atoms with Gasteiger partial charge < -0.3 is 10.2 Å². The third-order valence-corrected chi connectivity index (χ3v) is 6.23. The van der Waals surface area contributed by atoms with Crippen LogP contribution >= 0.6 is 11.8 Å². The fourth-order valence-corrected chi connectivity index (χ4v) is 4.68. The van der Waals surface area contributed by atoms with Gasteiger partial charge in [0.1, 0.15) is 0 Å². The Labute approximate surface area is 137 Å². The number of thioether (sulfide) groups is 1. The number of nitrogens with zero attached hydrogens (tertiary/aromatic N) is 1. The lowest BCUT2D eigenvalue weighted by molar-refractivity contribution is -0.129. The van der Waals surface area contributed by atoms with Crippen LogP contribution in [0.2, 0.25) is 0 Å². The first-order valence-electron chi connectivity index (χ1n) is 8.24. The van der Waals surface area contributed by atoms with Crippen molar-refractivity contribution in [1.82, 2.24) is 10.2 Å². The highest BCUT2D eigenvalue weighted by atomic mass is 32.2. The summed E-state index contributed by atoms with van der Waals surface area (Å²) in [6.45, 7) is 4.22. The number of hydrogen-bond acceptors (Lipinski definition) is 3. The molecule has 2 aliphatic heterocycles. The molecule has 0 aromatic heterocycles. The van der Waals surface area contributed by atoms with Crippen molar-refractivity contribution in [2.24, 2.45) is 0 Å². The Kier molecular flexibility index (Phi) is 4.79. The zero-order valence-corrected chi connectivity index (χ0v) is 14.6. The summed E-state index contributed by atoms with van der Waals surface area (Å²) in [5.74, 6) is 0.802. The molecule has 1 aromatic rings. The molecule has 2 unspecified atom stereocenters. The third-order valence-electron chi connectivity index (χ3n) is 5.07. The van der Waals surface area contributed by atoms with E-state index in [1.807, 2.05) is 11.9 Å². The maximum atomic E-state index is 12.5. The van der Waals surface area contributed by atoms with Gasteiger partial charge in [0.25, 0.3) is 0 Å². The molecule has 120 valence electrons. The van der Waals surface area contributed by atoms with E-state index in [-0.39, 0.29) is 5.91 Å². The fourth-order valence-electron chi connectivity index (χ4n) is 3.75. The second kappa shape index (κ2) is 6.63. The van der Waals surface area contributed by atoms with Crippen LogP contribution in [0, 0.1) is 13.8 Å². The second-order valence-corrected chi connectivity index (χ2v) is 7.84. The summed E-state index contributed by atoms with van der Waals surface area (Å²) in [6, 6.07) is 8.12. The quantitative estimate of drug-likeness (QED) is 0.866. The summed E-state index contributed by atoms with van der Waals surface area (Å²) in [5, 5.41) is 3.64. The largest absolute Gasteiger partial charge is 0.342 e. The van der Waals surface area contributed by atoms with Crippen molar-refractivity contribution >= 4 is 17.7 Å². The van der Waals surface area contributed by atoms with Gasteiger partial charge in [0.2, 0.25) is 5.91 Å². The van der Waals surface area contributed by atoms with Crippen molar-refractivity contribution in [1.29, 1.82) is 0 Å². The average molecular weight is 318 g/mol. The standard InChI is InChI=1S/C18H26N2OS/c1-12-4-7-17(13(2)8-12)22-11-18(21)20(3)16-9-14-5-6-15(10-16)19-14/h4,7-8,14-16,19H,5-6,9-11H2,1-3H3. The second-order valence-electron chi connectivity index (χ2n) is 6.83. The molecule has 0 aliphatic carbocycles. The summed E-state index contributed by atoms with van der Waals surface area (Å²) in [6.07, 6.45) is 4.79. The molecule has 2 bridgehead atoms. The minimum atomic E-state index is 0.260. The van der Waals surface area contributed by atoms with Crippen LogP contribution < -0.4 is 5.32 Å². The van der Waals surface area contributed by atoms with Gasteiger partial charge >= 0.3 is 0 Å². The number of benzene rings is 1. The van der Waals surface area contributed by atoms with E-state index >= 15 is 0 Å². The number of carbonyl (C=O) groups is 1. The highest BCUT2D eigenvalue weighted by molar-refractivity contribution is 8.00. The topological polar surface area (TPSA) is 32.3 Å². The van der Waals surface area contributed by atoms with E-state index in [1.54, 1.807) is 11.8 Å². The van der Waals surface area contributed by atoms with Gasteiger partial charge in [-0.1, -0.05) is 17.7 Å². The monoisotopic (exact) mass is 318 g/mol. The van der Waals surface area contributed by atoms with Gasteiger partial charge in [-0.2, -0.15) is 0 Å². The summed E-state index contributed by atoms with van der Waals surface area (Å²) in [4.78, 5) is 15.7. The van der Waals surface area contributed by atoms with Crippen LogP contribution in [0.25, 0.3) is 0 Å². The zero-order chi connectivity index (χ0) is 15.7.